The molecule has 0 N–H and O–H groups in total. The van der Waals surface area contributed by atoms with E-state index < -0.39 is 0 Å². The second kappa shape index (κ2) is 7.96. The molecule has 0 saturated carbocycles. The SMILES string of the molecule is Cc1ccccc1-c1nnc(S[C@H](C(=O)N2CCCC2)c2ccccc2)o1. The van der Waals surface area contributed by atoms with Gasteiger partial charge in [0.2, 0.25) is 11.8 Å². The minimum Gasteiger partial charge on any atom is -0.411 e. The molecule has 1 fully saturated rings. The van der Waals surface area contributed by atoms with Gasteiger partial charge in [0.25, 0.3) is 5.22 Å². The summed E-state index contributed by atoms with van der Waals surface area (Å²) in [5.41, 5.74) is 2.94. The summed E-state index contributed by atoms with van der Waals surface area (Å²) in [4.78, 5) is 15.0. The fourth-order valence-electron chi connectivity index (χ4n) is 3.27. The molecule has 1 atom stereocenters. The van der Waals surface area contributed by atoms with Crippen molar-refractivity contribution in [3.05, 3.63) is 65.7 Å². The van der Waals surface area contributed by atoms with Crippen LogP contribution in [-0.4, -0.2) is 34.1 Å². The van der Waals surface area contributed by atoms with Crippen LogP contribution in [0.4, 0.5) is 0 Å². The van der Waals surface area contributed by atoms with Gasteiger partial charge in [0, 0.05) is 18.7 Å². The van der Waals surface area contributed by atoms with Gasteiger partial charge in [0.1, 0.15) is 5.25 Å². The second-order valence-electron chi connectivity index (χ2n) is 6.63. The summed E-state index contributed by atoms with van der Waals surface area (Å²) in [6, 6.07) is 17.7. The Kier molecular flexibility index (Phi) is 5.25. The van der Waals surface area contributed by atoms with E-state index in [1.165, 1.54) is 11.8 Å². The van der Waals surface area contributed by atoms with Crippen LogP contribution in [0, 0.1) is 6.92 Å². The number of likely N-dealkylation sites (tertiary alicyclic amines) is 1. The first-order valence-electron chi connectivity index (χ1n) is 9.12. The molecule has 0 spiro atoms. The lowest BCUT2D eigenvalue weighted by Gasteiger charge is -2.22. The van der Waals surface area contributed by atoms with Crippen LogP contribution in [0.5, 0.6) is 0 Å². The largest absolute Gasteiger partial charge is 0.411 e. The normalized spacial score (nSPS) is 15.1. The number of carbonyl (C=O) groups excluding carboxylic acids is 1. The molecule has 1 aliphatic rings. The maximum Gasteiger partial charge on any atom is 0.277 e. The lowest BCUT2D eigenvalue weighted by atomic mass is 10.1. The minimum absolute atomic E-state index is 0.111. The molecule has 6 heteroatoms. The zero-order chi connectivity index (χ0) is 18.6. The Morgan fingerprint density at radius 3 is 2.48 bits per heavy atom. The number of hydrogen-bond donors (Lipinski definition) is 0. The summed E-state index contributed by atoms with van der Waals surface area (Å²) in [6.45, 7) is 3.65. The lowest BCUT2D eigenvalue weighted by molar-refractivity contribution is -0.129. The molecular weight excluding hydrogens is 358 g/mol. The summed E-state index contributed by atoms with van der Waals surface area (Å²) in [5, 5.41) is 8.40. The minimum atomic E-state index is -0.380. The van der Waals surface area contributed by atoms with Crippen LogP contribution in [0.2, 0.25) is 0 Å². The van der Waals surface area contributed by atoms with Crippen LogP contribution in [0.1, 0.15) is 29.2 Å². The van der Waals surface area contributed by atoms with Gasteiger partial charge in [-0.15, -0.1) is 10.2 Å². The van der Waals surface area contributed by atoms with Gasteiger partial charge < -0.3 is 9.32 Å². The van der Waals surface area contributed by atoms with Crippen LogP contribution in [0.3, 0.4) is 0 Å². The van der Waals surface area contributed by atoms with E-state index in [0.717, 1.165) is 42.6 Å². The van der Waals surface area contributed by atoms with Gasteiger partial charge in [-0.2, -0.15) is 0 Å². The Bertz CT molecular complexity index is 920. The van der Waals surface area contributed by atoms with Gasteiger partial charge >= 0.3 is 0 Å². The zero-order valence-electron chi connectivity index (χ0n) is 15.2. The van der Waals surface area contributed by atoms with E-state index in [0.29, 0.717) is 11.1 Å². The van der Waals surface area contributed by atoms with Gasteiger partial charge in [-0.05, 0) is 48.7 Å². The summed E-state index contributed by atoms with van der Waals surface area (Å²) in [6.07, 6.45) is 2.13. The third-order valence-electron chi connectivity index (χ3n) is 4.74. The average molecular weight is 379 g/mol. The number of amides is 1. The molecule has 2 heterocycles. The molecule has 1 saturated heterocycles. The number of benzene rings is 2. The first-order chi connectivity index (χ1) is 13.2. The number of thioether (sulfide) groups is 1. The second-order valence-corrected chi connectivity index (χ2v) is 7.69. The quantitative estimate of drug-likeness (QED) is 0.611. The highest BCUT2D eigenvalue weighted by atomic mass is 32.2. The van der Waals surface area contributed by atoms with E-state index in [9.17, 15) is 4.79 Å². The molecule has 2 aromatic carbocycles. The Morgan fingerprint density at radius 1 is 1.04 bits per heavy atom. The van der Waals surface area contributed by atoms with Crippen LogP contribution in [0.25, 0.3) is 11.5 Å². The Labute approximate surface area is 162 Å². The van der Waals surface area contributed by atoms with Crippen molar-refractivity contribution in [3.63, 3.8) is 0 Å². The molecule has 0 unspecified atom stereocenters. The lowest BCUT2D eigenvalue weighted by Crippen LogP contribution is -2.31. The van der Waals surface area contributed by atoms with Crippen LogP contribution in [-0.2, 0) is 4.79 Å². The third-order valence-corrected chi connectivity index (χ3v) is 5.82. The first-order valence-corrected chi connectivity index (χ1v) is 10.0. The Balaban J connectivity index is 1.60. The molecule has 1 aliphatic heterocycles. The highest BCUT2D eigenvalue weighted by molar-refractivity contribution is 8.00. The fourth-order valence-corrected chi connectivity index (χ4v) is 4.23. The highest BCUT2D eigenvalue weighted by Gasteiger charge is 2.30. The molecule has 0 bridgehead atoms. The highest BCUT2D eigenvalue weighted by Crippen LogP contribution is 2.38. The van der Waals surface area contributed by atoms with Gasteiger partial charge in [0.05, 0.1) is 0 Å². The van der Waals surface area contributed by atoms with Crippen molar-refractivity contribution < 1.29 is 9.21 Å². The predicted octanol–water partition coefficient (Wildman–Crippen LogP) is 4.50. The molecule has 5 nitrogen and oxygen atoms in total. The third kappa shape index (κ3) is 3.90. The van der Waals surface area contributed by atoms with Crippen molar-refractivity contribution in [2.24, 2.45) is 0 Å². The summed E-state index contributed by atoms with van der Waals surface area (Å²) < 4.78 is 5.89. The number of rotatable bonds is 5. The molecular formula is C21H21N3O2S. The average Bonchev–Trinajstić information content (AvgIpc) is 3.39. The van der Waals surface area contributed by atoms with Crippen molar-refractivity contribution >= 4 is 17.7 Å². The van der Waals surface area contributed by atoms with Gasteiger partial charge in [-0.25, -0.2) is 0 Å². The van der Waals surface area contributed by atoms with Crippen LogP contribution < -0.4 is 0 Å². The Hall–Kier alpha value is -2.60. The topological polar surface area (TPSA) is 59.2 Å². The number of carbonyl (C=O) groups is 1. The van der Waals surface area contributed by atoms with E-state index in [-0.39, 0.29) is 11.2 Å². The van der Waals surface area contributed by atoms with E-state index in [4.69, 9.17) is 4.42 Å². The number of nitrogens with zero attached hydrogens (tertiary/aromatic N) is 3. The smallest absolute Gasteiger partial charge is 0.277 e. The summed E-state index contributed by atoms with van der Waals surface area (Å²) in [7, 11) is 0. The van der Waals surface area contributed by atoms with Crippen molar-refractivity contribution in [1.82, 2.24) is 15.1 Å². The molecule has 4 rings (SSSR count). The van der Waals surface area contributed by atoms with E-state index in [1.807, 2.05) is 66.4 Å². The van der Waals surface area contributed by atoms with E-state index in [1.54, 1.807) is 0 Å². The first kappa shape index (κ1) is 17.8. The molecule has 1 aromatic heterocycles. The van der Waals surface area contributed by atoms with Crippen LogP contribution in [0.15, 0.2) is 64.2 Å². The zero-order valence-corrected chi connectivity index (χ0v) is 16.0. The number of aryl methyl sites for hydroxylation is 1. The summed E-state index contributed by atoms with van der Waals surface area (Å²) in [5.74, 6) is 0.593. The molecule has 3 aromatic rings. The van der Waals surface area contributed by atoms with Crippen molar-refractivity contribution in [2.45, 2.75) is 30.2 Å². The maximum atomic E-state index is 13.1. The molecule has 27 heavy (non-hydrogen) atoms. The van der Waals surface area contributed by atoms with Gasteiger partial charge in [-0.3, -0.25) is 4.79 Å². The van der Waals surface area contributed by atoms with Gasteiger partial charge in [-0.1, -0.05) is 48.5 Å². The van der Waals surface area contributed by atoms with Crippen LogP contribution >= 0.6 is 11.8 Å². The molecule has 0 radical (unpaired) electrons. The van der Waals surface area contributed by atoms with Crippen molar-refractivity contribution in [3.8, 4) is 11.5 Å². The Morgan fingerprint density at radius 2 is 1.74 bits per heavy atom. The van der Waals surface area contributed by atoms with Crippen molar-refractivity contribution in [2.75, 3.05) is 13.1 Å². The predicted molar refractivity (Wildman–Crippen MR) is 105 cm³/mol. The maximum absolute atomic E-state index is 13.1. The standard InChI is InChI=1S/C21H21N3O2S/c1-15-9-5-6-12-17(15)19-22-23-21(26-19)27-18(16-10-3-2-4-11-16)20(25)24-13-7-8-14-24/h2-6,9-12,18H,7-8,13-14H2,1H3/t18-/m0/s1. The summed E-state index contributed by atoms with van der Waals surface area (Å²) >= 11 is 1.33. The van der Waals surface area contributed by atoms with E-state index >= 15 is 0 Å². The molecule has 138 valence electrons. The molecule has 1 amide bonds. The van der Waals surface area contributed by atoms with E-state index in [2.05, 4.69) is 10.2 Å². The van der Waals surface area contributed by atoms with Crippen molar-refractivity contribution in [1.29, 1.82) is 0 Å². The molecule has 0 aliphatic carbocycles. The van der Waals surface area contributed by atoms with Gasteiger partial charge in [0.15, 0.2) is 0 Å². The monoisotopic (exact) mass is 379 g/mol. The number of hydrogen-bond acceptors (Lipinski definition) is 5. The fraction of sp³-hybridized carbons (Fsp3) is 0.286. The number of aromatic nitrogens is 2.